The molecule has 1 atom stereocenters. The van der Waals surface area contributed by atoms with E-state index in [1.807, 2.05) is 6.08 Å². The fourth-order valence-electron chi connectivity index (χ4n) is 3.97. The number of ether oxygens (including phenoxy) is 1. The Morgan fingerprint density at radius 2 is 1.86 bits per heavy atom. The number of ketones is 1. The number of rotatable bonds is 6. The van der Waals surface area contributed by atoms with E-state index in [2.05, 4.69) is 0 Å². The molecule has 1 aliphatic carbocycles. The van der Waals surface area contributed by atoms with E-state index >= 15 is 0 Å². The van der Waals surface area contributed by atoms with Gasteiger partial charge in [0, 0.05) is 12.1 Å². The van der Waals surface area contributed by atoms with E-state index < -0.39 is 35.6 Å². The van der Waals surface area contributed by atoms with Crippen LogP contribution in [0.5, 0.6) is 5.75 Å². The van der Waals surface area contributed by atoms with Crippen molar-refractivity contribution in [2.45, 2.75) is 39.5 Å². The number of allylic oxidation sites excluding steroid dienone is 1. The molecule has 1 aromatic carbocycles. The number of carbonyl (C=O) groups excluding carboxylic acids is 4. The van der Waals surface area contributed by atoms with Crippen molar-refractivity contribution in [1.29, 1.82) is 0 Å². The molecule has 1 aliphatic heterocycles. The van der Waals surface area contributed by atoms with Gasteiger partial charge in [0.05, 0.1) is 13.7 Å². The van der Waals surface area contributed by atoms with Gasteiger partial charge in [0.1, 0.15) is 11.2 Å². The zero-order valence-corrected chi connectivity index (χ0v) is 17.1. The van der Waals surface area contributed by atoms with E-state index in [-0.39, 0.29) is 6.54 Å². The monoisotopic (exact) mass is 398 g/mol. The lowest BCUT2D eigenvalue weighted by Gasteiger charge is -2.43. The highest BCUT2D eigenvalue weighted by Crippen LogP contribution is 2.40. The summed E-state index contributed by atoms with van der Waals surface area (Å²) in [7, 11) is 1.50. The Bertz CT molecular complexity index is 891. The lowest BCUT2D eigenvalue weighted by molar-refractivity contribution is -0.154. The van der Waals surface area contributed by atoms with Gasteiger partial charge in [0.25, 0.3) is 5.91 Å². The van der Waals surface area contributed by atoms with Crippen LogP contribution in [-0.4, -0.2) is 53.6 Å². The van der Waals surface area contributed by atoms with Gasteiger partial charge in [-0.1, -0.05) is 18.2 Å². The molecule has 4 amide bonds. The average Bonchev–Trinajstić information content (AvgIpc) is 2.76. The lowest BCUT2D eigenvalue weighted by Crippen LogP contribution is -2.65. The summed E-state index contributed by atoms with van der Waals surface area (Å²) in [6.45, 7) is 2.98. The fraction of sp³-hybridized carbons (Fsp3) is 0.455. The summed E-state index contributed by atoms with van der Waals surface area (Å²) in [6.07, 6.45) is 5.28. The Morgan fingerprint density at radius 1 is 1.14 bits per heavy atom. The van der Waals surface area contributed by atoms with Crippen LogP contribution in [0, 0.1) is 5.41 Å². The third-order valence-electron chi connectivity index (χ3n) is 5.75. The molecule has 154 valence electrons. The minimum absolute atomic E-state index is 0.137. The van der Waals surface area contributed by atoms with Crippen LogP contribution in [0.1, 0.15) is 49.9 Å². The molecule has 29 heavy (non-hydrogen) atoms. The van der Waals surface area contributed by atoms with Crippen LogP contribution in [-0.2, 0) is 9.59 Å². The first-order valence-corrected chi connectivity index (χ1v) is 9.89. The number of benzene rings is 1. The van der Waals surface area contributed by atoms with Crippen LogP contribution >= 0.6 is 0 Å². The molecule has 0 saturated carbocycles. The highest BCUT2D eigenvalue weighted by Gasteiger charge is 2.56. The number of hydrogen-bond acceptors (Lipinski definition) is 5. The number of nitrogens with zero attached hydrogens (tertiary/aromatic N) is 2. The average molecular weight is 398 g/mol. The molecule has 0 spiro atoms. The highest BCUT2D eigenvalue weighted by molar-refractivity contribution is 6.22. The Balaban J connectivity index is 1.95. The molecule has 7 heteroatoms. The van der Waals surface area contributed by atoms with E-state index in [1.165, 1.54) is 7.11 Å². The molecule has 0 bridgehead atoms. The molecule has 0 radical (unpaired) electrons. The van der Waals surface area contributed by atoms with Gasteiger partial charge in [-0.15, -0.1) is 0 Å². The zero-order valence-electron chi connectivity index (χ0n) is 17.1. The van der Waals surface area contributed by atoms with Crippen molar-refractivity contribution in [3.63, 3.8) is 0 Å². The Hall–Kier alpha value is -2.96. The number of Topliss-reactive ketones (excluding diaryl/α,β-unsaturated/α-hetero) is 1. The molecule has 0 N–H and O–H groups in total. The summed E-state index contributed by atoms with van der Waals surface area (Å²) in [5.74, 6) is -1.01. The quantitative estimate of drug-likeness (QED) is 0.417. The van der Waals surface area contributed by atoms with E-state index in [9.17, 15) is 19.2 Å². The number of methoxy groups -OCH3 is 1. The Kier molecular flexibility index (Phi) is 5.86. The molecular formula is C22H26N2O5. The lowest BCUT2D eigenvalue weighted by atomic mass is 9.73. The third-order valence-corrected chi connectivity index (χ3v) is 5.75. The zero-order chi connectivity index (χ0) is 21.2. The van der Waals surface area contributed by atoms with Crippen molar-refractivity contribution >= 4 is 23.6 Å². The highest BCUT2D eigenvalue weighted by atomic mass is 16.5. The molecular weight excluding hydrogens is 372 g/mol. The van der Waals surface area contributed by atoms with Crippen LogP contribution in [0.4, 0.5) is 4.79 Å². The first-order chi connectivity index (χ1) is 13.8. The molecule has 1 unspecified atom stereocenters. The summed E-state index contributed by atoms with van der Waals surface area (Å²) in [5.41, 5.74) is -0.370. The van der Waals surface area contributed by atoms with Crippen LogP contribution in [0.25, 0.3) is 0 Å². The van der Waals surface area contributed by atoms with Crippen molar-refractivity contribution in [3.05, 3.63) is 41.5 Å². The van der Waals surface area contributed by atoms with Crippen molar-refractivity contribution in [2.75, 3.05) is 20.2 Å². The summed E-state index contributed by atoms with van der Waals surface area (Å²) in [4.78, 5) is 54.1. The van der Waals surface area contributed by atoms with E-state index in [4.69, 9.17) is 4.74 Å². The topological polar surface area (TPSA) is 84.0 Å². The van der Waals surface area contributed by atoms with Gasteiger partial charge >= 0.3 is 6.03 Å². The SMILES string of the molecule is CCN1C(=O)N(CC(=O)c2cccc(OC)c2)C(=O)C(C)(C2=CCCCC2)C1=O. The van der Waals surface area contributed by atoms with E-state index in [0.29, 0.717) is 17.7 Å². The number of carbonyl (C=O) groups is 4. The van der Waals surface area contributed by atoms with Gasteiger partial charge in [-0.2, -0.15) is 0 Å². The van der Waals surface area contributed by atoms with Crippen LogP contribution in [0.2, 0.25) is 0 Å². The molecule has 0 aromatic heterocycles. The second-order valence-corrected chi connectivity index (χ2v) is 7.48. The third kappa shape index (κ3) is 3.57. The summed E-state index contributed by atoms with van der Waals surface area (Å²) >= 11 is 0. The molecule has 1 saturated heterocycles. The van der Waals surface area contributed by atoms with Gasteiger partial charge < -0.3 is 4.74 Å². The molecule has 1 heterocycles. The number of amides is 4. The van der Waals surface area contributed by atoms with Crippen LogP contribution in [0.3, 0.4) is 0 Å². The van der Waals surface area contributed by atoms with Crippen LogP contribution < -0.4 is 4.74 Å². The predicted octanol–water partition coefficient (Wildman–Crippen LogP) is 3.20. The number of barbiturate groups is 1. The maximum atomic E-state index is 13.4. The van der Waals surface area contributed by atoms with Crippen LogP contribution in [0.15, 0.2) is 35.9 Å². The molecule has 3 rings (SSSR count). The second kappa shape index (κ2) is 8.19. The maximum absolute atomic E-state index is 13.4. The summed E-state index contributed by atoms with van der Waals surface area (Å²) in [5, 5.41) is 0. The van der Waals surface area contributed by atoms with E-state index in [1.54, 1.807) is 38.1 Å². The number of hydrogen-bond donors (Lipinski definition) is 0. The minimum Gasteiger partial charge on any atom is -0.497 e. The van der Waals surface area contributed by atoms with Gasteiger partial charge in [-0.05, 0) is 57.2 Å². The first-order valence-electron chi connectivity index (χ1n) is 9.89. The fourth-order valence-corrected chi connectivity index (χ4v) is 3.97. The summed E-state index contributed by atoms with van der Waals surface area (Å²) < 4.78 is 5.14. The van der Waals surface area contributed by atoms with Gasteiger partial charge in [-0.25, -0.2) is 4.79 Å². The Morgan fingerprint density at radius 3 is 2.48 bits per heavy atom. The molecule has 2 aliphatic rings. The molecule has 1 fully saturated rings. The van der Waals surface area contributed by atoms with Gasteiger partial charge in [-0.3, -0.25) is 24.2 Å². The number of urea groups is 1. The standard InChI is InChI=1S/C22H26N2O5/c1-4-23-19(26)22(2,16-10-6-5-7-11-16)20(27)24(21(23)28)14-18(25)15-9-8-12-17(13-15)29-3/h8-10,12-13H,4-7,11,14H2,1-3H3. The molecule has 7 nitrogen and oxygen atoms in total. The Labute approximate surface area is 170 Å². The largest absolute Gasteiger partial charge is 0.497 e. The van der Waals surface area contributed by atoms with Crippen molar-refractivity contribution < 1.29 is 23.9 Å². The minimum atomic E-state index is -1.45. The van der Waals surface area contributed by atoms with Crippen molar-refractivity contribution in [2.24, 2.45) is 5.41 Å². The predicted molar refractivity (Wildman–Crippen MR) is 106 cm³/mol. The van der Waals surface area contributed by atoms with Crippen molar-refractivity contribution in [1.82, 2.24) is 9.80 Å². The smallest absolute Gasteiger partial charge is 0.333 e. The molecule has 1 aromatic rings. The second-order valence-electron chi connectivity index (χ2n) is 7.48. The maximum Gasteiger partial charge on any atom is 0.333 e. The summed E-state index contributed by atoms with van der Waals surface area (Å²) in [6, 6.07) is 5.80. The van der Waals surface area contributed by atoms with Gasteiger partial charge in [0.2, 0.25) is 5.91 Å². The van der Waals surface area contributed by atoms with Gasteiger partial charge in [0.15, 0.2) is 5.78 Å². The van der Waals surface area contributed by atoms with E-state index in [0.717, 1.165) is 34.6 Å². The number of imide groups is 2. The normalized spacial score (nSPS) is 22.6. The first kappa shape index (κ1) is 20.8. The van der Waals surface area contributed by atoms with Crippen molar-refractivity contribution in [3.8, 4) is 5.75 Å².